The summed E-state index contributed by atoms with van der Waals surface area (Å²) in [5.74, 6) is 1.38. The lowest BCUT2D eigenvalue weighted by Crippen LogP contribution is -2.10. The number of aromatic nitrogens is 4. The number of hydrogen-bond acceptors (Lipinski definition) is 7. The van der Waals surface area contributed by atoms with Gasteiger partial charge in [0.1, 0.15) is 17.6 Å². The van der Waals surface area contributed by atoms with Crippen molar-refractivity contribution in [1.82, 2.24) is 19.4 Å². The summed E-state index contributed by atoms with van der Waals surface area (Å²) in [5.41, 5.74) is 4.71. The van der Waals surface area contributed by atoms with Gasteiger partial charge in [-0.3, -0.25) is 4.40 Å². The van der Waals surface area contributed by atoms with E-state index in [2.05, 4.69) is 26.3 Å². The minimum atomic E-state index is -0.294. The van der Waals surface area contributed by atoms with Crippen molar-refractivity contribution in [3.05, 3.63) is 65.0 Å². The number of nitrogens with zero attached hydrogens (tertiary/aromatic N) is 5. The number of ether oxygens (including phenoxy) is 2. The van der Waals surface area contributed by atoms with Gasteiger partial charge in [0.05, 0.1) is 19.9 Å². The average molecular weight is 430 g/mol. The Morgan fingerprint density at radius 3 is 2.91 bits per heavy atom. The molecule has 0 saturated carbocycles. The van der Waals surface area contributed by atoms with Crippen molar-refractivity contribution >= 4 is 11.6 Å². The number of benzene rings is 1. The Kier molecular flexibility index (Phi) is 4.82. The maximum Gasteiger partial charge on any atom is 0.213 e. The molecule has 3 aromatic heterocycles. The molecule has 0 atom stereocenters. The van der Waals surface area contributed by atoms with Crippen LogP contribution >= 0.6 is 0 Å². The lowest BCUT2D eigenvalue weighted by Gasteiger charge is -2.13. The number of anilines is 1. The molecule has 0 fully saturated rings. The predicted molar refractivity (Wildman–Crippen MR) is 115 cm³/mol. The SMILES string of the molecule is COc1cc(C)c(-c2cnc(NCc3c(F)ccc4c3CCO4)n3cc(C#N)nc23)cn1. The van der Waals surface area contributed by atoms with Crippen molar-refractivity contribution in [1.29, 1.82) is 5.26 Å². The number of fused-ring (bicyclic) bond motifs is 2. The van der Waals surface area contributed by atoms with E-state index in [4.69, 9.17) is 9.47 Å². The Balaban J connectivity index is 1.55. The maximum atomic E-state index is 14.5. The number of methoxy groups -OCH3 is 1. The summed E-state index contributed by atoms with van der Waals surface area (Å²) in [7, 11) is 1.56. The average Bonchev–Trinajstić information content (AvgIpc) is 3.46. The summed E-state index contributed by atoms with van der Waals surface area (Å²) in [5, 5.41) is 12.6. The molecule has 0 spiro atoms. The summed E-state index contributed by atoms with van der Waals surface area (Å²) < 4.78 is 27.0. The maximum absolute atomic E-state index is 14.5. The molecule has 160 valence electrons. The summed E-state index contributed by atoms with van der Waals surface area (Å²) >= 11 is 0. The van der Waals surface area contributed by atoms with Crippen molar-refractivity contribution < 1.29 is 13.9 Å². The highest BCUT2D eigenvalue weighted by Gasteiger charge is 2.20. The molecular weight excluding hydrogens is 411 g/mol. The van der Waals surface area contributed by atoms with E-state index in [0.29, 0.717) is 41.8 Å². The molecule has 8 nitrogen and oxygen atoms in total. The van der Waals surface area contributed by atoms with Gasteiger partial charge < -0.3 is 14.8 Å². The molecule has 0 aliphatic carbocycles. The van der Waals surface area contributed by atoms with Crippen LogP contribution in [0.25, 0.3) is 16.8 Å². The molecule has 4 aromatic rings. The van der Waals surface area contributed by atoms with Crippen LogP contribution in [0.1, 0.15) is 22.4 Å². The Labute approximate surface area is 183 Å². The highest BCUT2D eigenvalue weighted by Crippen LogP contribution is 2.32. The molecule has 1 N–H and O–H groups in total. The standard InChI is InChI=1S/C23H19FN6O2/c1-13-7-21(31-2)26-9-16(13)18-11-28-23(30-12-14(8-25)29-22(18)30)27-10-17-15-5-6-32-20(15)4-3-19(17)24/h3-4,7,9,11-12H,5-6,10H2,1-2H3,(H,27,28). The number of imidazole rings is 1. The van der Waals surface area contributed by atoms with Crippen LogP contribution in [0.3, 0.4) is 0 Å². The third kappa shape index (κ3) is 3.26. The molecule has 0 bridgehead atoms. The normalized spacial score (nSPS) is 12.3. The van der Waals surface area contributed by atoms with Crippen LogP contribution in [-0.4, -0.2) is 33.1 Å². The van der Waals surface area contributed by atoms with Gasteiger partial charge in [-0.2, -0.15) is 5.26 Å². The lowest BCUT2D eigenvalue weighted by atomic mass is 10.0. The van der Waals surface area contributed by atoms with Gasteiger partial charge in [0.15, 0.2) is 11.3 Å². The number of pyridine rings is 1. The quantitative estimate of drug-likeness (QED) is 0.516. The van der Waals surface area contributed by atoms with E-state index in [0.717, 1.165) is 22.3 Å². The van der Waals surface area contributed by atoms with E-state index < -0.39 is 0 Å². The van der Waals surface area contributed by atoms with Crippen LogP contribution < -0.4 is 14.8 Å². The van der Waals surface area contributed by atoms with Crippen LogP contribution in [0, 0.1) is 24.1 Å². The smallest absolute Gasteiger partial charge is 0.213 e. The molecule has 1 aliphatic heterocycles. The molecule has 9 heteroatoms. The van der Waals surface area contributed by atoms with Gasteiger partial charge in [-0.25, -0.2) is 19.3 Å². The largest absolute Gasteiger partial charge is 0.493 e. The molecular formula is C23H19FN6O2. The lowest BCUT2D eigenvalue weighted by molar-refractivity contribution is 0.356. The highest BCUT2D eigenvalue weighted by molar-refractivity contribution is 5.80. The zero-order valence-electron chi connectivity index (χ0n) is 17.5. The third-order valence-electron chi connectivity index (χ3n) is 5.55. The molecule has 1 aliphatic rings. The van der Waals surface area contributed by atoms with Gasteiger partial charge in [-0.05, 0) is 24.6 Å². The van der Waals surface area contributed by atoms with Gasteiger partial charge in [0, 0.05) is 53.7 Å². The monoisotopic (exact) mass is 430 g/mol. The molecule has 0 saturated heterocycles. The molecule has 1 aromatic carbocycles. The van der Waals surface area contributed by atoms with E-state index in [1.807, 2.05) is 13.0 Å². The molecule has 32 heavy (non-hydrogen) atoms. The van der Waals surface area contributed by atoms with Gasteiger partial charge in [0.2, 0.25) is 11.8 Å². The minimum absolute atomic E-state index is 0.225. The van der Waals surface area contributed by atoms with Crippen LogP contribution in [0.5, 0.6) is 11.6 Å². The zero-order chi connectivity index (χ0) is 22.2. The van der Waals surface area contributed by atoms with Gasteiger partial charge in [-0.15, -0.1) is 0 Å². The predicted octanol–water partition coefficient (Wildman–Crippen LogP) is 3.67. The molecule has 5 rings (SSSR count). The number of rotatable bonds is 5. The number of nitrogens with one attached hydrogen (secondary N) is 1. The fraction of sp³-hybridized carbons (Fsp3) is 0.217. The van der Waals surface area contributed by atoms with Crippen LogP contribution in [-0.2, 0) is 13.0 Å². The second kappa shape index (κ2) is 7.81. The van der Waals surface area contributed by atoms with Crippen molar-refractivity contribution in [3.63, 3.8) is 0 Å². The topological polar surface area (TPSA) is 97.4 Å². The number of aryl methyl sites for hydroxylation is 1. The van der Waals surface area contributed by atoms with Crippen molar-refractivity contribution in [2.24, 2.45) is 0 Å². The Hall–Kier alpha value is -4.19. The summed E-state index contributed by atoms with van der Waals surface area (Å²) in [6.45, 7) is 2.71. The third-order valence-corrected chi connectivity index (χ3v) is 5.55. The number of halogens is 1. The first-order chi connectivity index (χ1) is 15.6. The molecule has 0 amide bonds. The minimum Gasteiger partial charge on any atom is -0.493 e. The number of hydrogen-bond donors (Lipinski definition) is 1. The summed E-state index contributed by atoms with van der Waals surface area (Å²) in [4.78, 5) is 13.3. The van der Waals surface area contributed by atoms with Crippen molar-refractivity contribution in [2.75, 3.05) is 19.0 Å². The molecule has 0 unspecified atom stereocenters. The van der Waals surface area contributed by atoms with E-state index in [1.165, 1.54) is 6.07 Å². The van der Waals surface area contributed by atoms with Crippen molar-refractivity contribution in [3.8, 4) is 28.8 Å². The Morgan fingerprint density at radius 1 is 1.28 bits per heavy atom. The fourth-order valence-electron chi connectivity index (χ4n) is 3.95. The van der Waals surface area contributed by atoms with Crippen LogP contribution in [0.2, 0.25) is 0 Å². The first-order valence-corrected chi connectivity index (χ1v) is 10.0. The number of nitriles is 1. The first kappa shape index (κ1) is 19.8. The van der Waals surface area contributed by atoms with Gasteiger partial charge in [0.25, 0.3) is 0 Å². The summed E-state index contributed by atoms with van der Waals surface area (Å²) in [6, 6.07) is 6.97. The molecule has 4 heterocycles. The second-order valence-electron chi connectivity index (χ2n) is 7.42. The van der Waals surface area contributed by atoms with Gasteiger partial charge >= 0.3 is 0 Å². The van der Waals surface area contributed by atoms with E-state index in [9.17, 15) is 9.65 Å². The Morgan fingerprint density at radius 2 is 2.12 bits per heavy atom. The zero-order valence-corrected chi connectivity index (χ0v) is 17.5. The summed E-state index contributed by atoms with van der Waals surface area (Å²) in [6.07, 6.45) is 5.65. The molecule has 0 radical (unpaired) electrons. The van der Waals surface area contributed by atoms with Crippen LogP contribution in [0.4, 0.5) is 10.3 Å². The fourth-order valence-corrected chi connectivity index (χ4v) is 3.95. The first-order valence-electron chi connectivity index (χ1n) is 10.0. The second-order valence-corrected chi connectivity index (χ2v) is 7.42. The van der Waals surface area contributed by atoms with Crippen LogP contribution in [0.15, 0.2) is 36.8 Å². The highest BCUT2D eigenvalue weighted by atomic mass is 19.1. The Bertz CT molecular complexity index is 1390. The van der Waals surface area contributed by atoms with Crippen molar-refractivity contribution in [2.45, 2.75) is 19.9 Å². The van der Waals surface area contributed by atoms with E-state index in [1.54, 1.807) is 36.2 Å². The van der Waals surface area contributed by atoms with Gasteiger partial charge in [-0.1, -0.05) is 0 Å². The van der Waals surface area contributed by atoms with E-state index >= 15 is 0 Å². The van der Waals surface area contributed by atoms with E-state index in [-0.39, 0.29) is 18.1 Å².